The Hall–Kier alpha value is -3.82. The molecule has 0 aliphatic carbocycles. The quantitative estimate of drug-likeness (QED) is 0.706. The minimum atomic E-state index is -4.61. The van der Waals surface area contributed by atoms with Gasteiger partial charge < -0.3 is 15.2 Å². The number of benzene rings is 2. The fourth-order valence-electron chi connectivity index (χ4n) is 3.32. The second-order valence-corrected chi connectivity index (χ2v) is 6.68. The molecule has 31 heavy (non-hydrogen) atoms. The predicted octanol–water partition coefficient (Wildman–Crippen LogP) is 4.12. The van der Waals surface area contributed by atoms with Crippen molar-refractivity contribution in [2.75, 3.05) is 12.0 Å². The summed E-state index contributed by atoms with van der Waals surface area (Å²) in [5, 5.41) is 11.6. The number of carboxylic acid groups (broad SMARTS) is 1. The smallest absolute Gasteiger partial charge is 0.416 e. The summed E-state index contributed by atoms with van der Waals surface area (Å²) < 4.78 is 44.2. The first-order chi connectivity index (χ1) is 14.5. The van der Waals surface area contributed by atoms with Crippen LogP contribution in [0.5, 0.6) is 0 Å². The van der Waals surface area contributed by atoms with Gasteiger partial charge in [0.15, 0.2) is 0 Å². The fourth-order valence-corrected chi connectivity index (χ4v) is 3.32. The van der Waals surface area contributed by atoms with Gasteiger partial charge in [0.2, 0.25) is 0 Å². The number of carbonyl (C=O) groups excluding carboxylic acids is 2. The molecule has 2 amide bonds. The van der Waals surface area contributed by atoms with E-state index in [-0.39, 0.29) is 22.5 Å². The van der Waals surface area contributed by atoms with E-state index in [4.69, 9.17) is 9.84 Å². The van der Waals surface area contributed by atoms with Crippen molar-refractivity contribution in [3.05, 3.63) is 76.5 Å². The van der Waals surface area contributed by atoms with Gasteiger partial charge in [0.05, 0.1) is 35.5 Å². The standard InChI is InChI=1S/C21H17F3N2O5/c1-11-16(19(29)31-2)17(12-6-8-13(9-7-12)18(27)28)25-20(30)26(11)15-5-3-4-14(10-15)21(22,23)24/h3-10,17H,1-2H3,(H,25,30)(H,27,28). The van der Waals surface area contributed by atoms with Gasteiger partial charge in [-0.05, 0) is 42.8 Å². The maximum Gasteiger partial charge on any atom is 0.416 e. The van der Waals surface area contributed by atoms with E-state index in [1.807, 2.05) is 0 Å². The molecule has 1 unspecified atom stereocenters. The van der Waals surface area contributed by atoms with Crippen LogP contribution in [0.1, 0.15) is 34.5 Å². The number of nitrogens with zero attached hydrogens (tertiary/aromatic N) is 1. The van der Waals surface area contributed by atoms with Crippen LogP contribution >= 0.6 is 0 Å². The fraction of sp³-hybridized carbons (Fsp3) is 0.190. The second kappa shape index (κ2) is 8.13. The summed E-state index contributed by atoms with van der Waals surface area (Å²) in [6.45, 7) is 1.42. The van der Waals surface area contributed by atoms with E-state index in [9.17, 15) is 27.6 Å². The van der Waals surface area contributed by atoms with E-state index < -0.39 is 35.8 Å². The van der Waals surface area contributed by atoms with Crippen molar-refractivity contribution in [2.24, 2.45) is 0 Å². The van der Waals surface area contributed by atoms with Crippen molar-refractivity contribution in [1.82, 2.24) is 5.32 Å². The van der Waals surface area contributed by atoms with Gasteiger partial charge in [0.25, 0.3) is 0 Å². The topological polar surface area (TPSA) is 95.9 Å². The molecule has 162 valence electrons. The van der Waals surface area contributed by atoms with Crippen LogP contribution in [0.4, 0.5) is 23.7 Å². The number of alkyl halides is 3. The zero-order valence-electron chi connectivity index (χ0n) is 16.4. The average Bonchev–Trinajstić information content (AvgIpc) is 2.72. The van der Waals surface area contributed by atoms with Crippen LogP contribution in [0.2, 0.25) is 0 Å². The van der Waals surface area contributed by atoms with Crippen molar-refractivity contribution in [1.29, 1.82) is 0 Å². The van der Waals surface area contributed by atoms with Crippen molar-refractivity contribution in [3.63, 3.8) is 0 Å². The summed E-state index contributed by atoms with van der Waals surface area (Å²) in [5.74, 6) is -1.93. The molecule has 2 aromatic rings. The lowest BCUT2D eigenvalue weighted by molar-refractivity contribution is -0.138. The minimum Gasteiger partial charge on any atom is -0.478 e. The Balaban J connectivity index is 2.11. The van der Waals surface area contributed by atoms with E-state index in [1.165, 1.54) is 37.3 Å². The lowest BCUT2D eigenvalue weighted by Crippen LogP contribution is -2.48. The molecule has 0 aromatic heterocycles. The molecule has 0 saturated heterocycles. The number of carbonyl (C=O) groups is 3. The van der Waals surface area contributed by atoms with Crippen molar-refractivity contribution in [3.8, 4) is 0 Å². The maximum absolute atomic E-state index is 13.1. The normalized spacial score (nSPS) is 16.7. The molecule has 1 aliphatic rings. The maximum atomic E-state index is 13.1. The number of carboxylic acids is 1. The van der Waals surface area contributed by atoms with Crippen LogP contribution in [0, 0.1) is 0 Å². The molecular formula is C21H17F3N2O5. The third-order valence-electron chi connectivity index (χ3n) is 4.81. The number of esters is 1. The van der Waals surface area contributed by atoms with Crippen LogP contribution < -0.4 is 10.2 Å². The molecule has 0 radical (unpaired) electrons. The van der Waals surface area contributed by atoms with Gasteiger partial charge in [-0.2, -0.15) is 13.2 Å². The summed E-state index contributed by atoms with van der Waals surface area (Å²) in [6.07, 6.45) is -4.61. The minimum absolute atomic E-state index is 0.00240. The molecule has 0 bridgehead atoms. The summed E-state index contributed by atoms with van der Waals surface area (Å²) in [6, 6.07) is 7.91. The SMILES string of the molecule is COC(=O)C1=C(C)N(c2cccc(C(F)(F)F)c2)C(=O)NC1c1ccc(C(=O)O)cc1. The van der Waals surface area contributed by atoms with Crippen LogP contribution in [0.15, 0.2) is 59.8 Å². The molecule has 0 fully saturated rings. The molecule has 0 saturated carbocycles. The molecule has 0 spiro atoms. The molecular weight excluding hydrogens is 417 g/mol. The van der Waals surface area contributed by atoms with Crippen LogP contribution in [-0.2, 0) is 15.7 Å². The van der Waals surface area contributed by atoms with Crippen molar-refractivity contribution >= 4 is 23.7 Å². The Morgan fingerprint density at radius 3 is 2.32 bits per heavy atom. The Bertz CT molecular complexity index is 1080. The number of methoxy groups -OCH3 is 1. The Labute approximate surface area is 174 Å². The molecule has 10 heteroatoms. The first-order valence-electron chi connectivity index (χ1n) is 8.94. The summed E-state index contributed by atoms with van der Waals surface area (Å²) in [5.41, 5.74) is -0.522. The molecule has 2 N–H and O–H groups in total. The number of hydrogen-bond acceptors (Lipinski definition) is 4. The number of amides is 2. The van der Waals surface area contributed by atoms with E-state index >= 15 is 0 Å². The van der Waals surface area contributed by atoms with Gasteiger partial charge >= 0.3 is 24.1 Å². The van der Waals surface area contributed by atoms with Gasteiger partial charge in [-0.25, -0.2) is 14.4 Å². The van der Waals surface area contributed by atoms with Crippen molar-refractivity contribution in [2.45, 2.75) is 19.1 Å². The number of nitrogens with one attached hydrogen (secondary N) is 1. The van der Waals surface area contributed by atoms with E-state index in [0.29, 0.717) is 5.56 Å². The first kappa shape index (κ1) is 21.9. The van der Waals surface area contributed by atoms with Gasteiger partial charge in [0.1, 0.15) is 0 Å². The number of urea groups is 1. The highest BCUT2D eigenvalue weighted by atomic mass is 19.4. The van der Waals surface area contributed by atoms with Gasteiger partial charge in [-0.1, -0.05) is 18.2 Å². The van der Waals surface area contributed by atoms with Gasteiger partial charge in [-0.15, -0.1) is 0 Å². The number of aromatic carboxylic acids is 1. The van der Waals surface area contributed by atoms with E-state index in [0.717, 1.165) is 30.2 Å². The van der Waals surface area contributed by atoms with E-state index in [1.54, 1.807) is 0 Å². The number of anilines is 1. The van der Waals surface area contributed by atoms with Crippen molar-refractivity contribution < 1.29 is 37.4 Å². The highest BCUT2D eigenvalue weighted by molar-refractivity contribution is 6.03. The van der Waals surface area contributed by atoms with Crippen LogP contribution in [0.25, 0.3) is 0 Å². The average molecular weight is 434 g/mol. The third kappa shape index (κ3) is 4.23. The molecule has 1 heterocycles. The molecule has 2 aromatic carbocycles. The predicted molar refractivity (Wildman–Crippen MR) is 103 cm³/mol. The highest BCUT2D eigenvalue weighted by Crippen LogP contribution is 2.36. The highest BCUT2D eigenvalue weighted by Gasteiger charge is 2.38. The van der Waals surface area contributed by atoms with Gasteiger partial charge in [0, 0.05) is 5.70 Å². The zero-order chi connectivity index (χ0) is 22.9. The zero-order valence-corrected chi connectivity index (χ0v) is 16.4. The van der Waals surface area contributed by atoms with Gasteiger partial charge in [-0.3, -0.25) is 4.90 Å². The number of ether oxygens (including phenoxy) is 1. The van der Waals surface area contributed by atoms with Crippen LogP contribution in [-0.4, -0.2) is 30.2 Å². The lowest BCUT2D eigenvalue weighted by atomic mass is 9.94. The first-order valence-corrected chi connectivity index (χ1v) is 8.94. The summed E-state index contributed by atoms with van der Waals surface area (Å²) >= 11 is 0. The monoisotopic (exact) mass is 434 g/mol. The molecule has 1 aliphatic heterocycles. The Morgan fingerprint density at radius 1 is 1.13 bits per heavy atom. The largest absolute Gasteiger partial charge is 0.478 e. The van der Waals surface area contributed by atoms with E-state index in [2.05, 4.69) is 5.32 Å². The summed E-state index contributed by atoms with van der Waals surface area (Å²) in [4.78, 5) is 37.4. The Kier molecular flexibility index (Phi) is 5.74. The molecule has 7 nitrogen and oxygen atoms in total. The third-order valence-corrected chi connectivity index (χ3v) is 4.81. The summed E-state index contributed by atoms with van der Waals surface area (Å²) in [7, 11) is 1.14. The lowest BCUT2D eigenvalue weighted by Gasteiger charge is -2.35. The molecule has 1 atom stereocenters. The Morgan fingerprint density at radius 2 is 1.77 bits per heavy atom. The number of hydrogen-bond donors (Lipinski definition) is 2. The second-order valence-electron chi connectivity index (χ2n) is 6.68. The number of rotatable bonds is 4. The molecule has 3 rings (SSSR count). The van der Waals surface area contributed by atoms with Crippen LogP contribution in [0.3, 0.4) is 0 Å². The number of allylic oxidation sites excluding steroid dienone is 1. The number of halogens is 3.